The number of nitrogens with one attached hydrogen (secondary N) is 2. The van der Waals surface area contributed by atoms with Crippen molar-refractivity contribution in [3.05, 3.63) is 23.3 Å². The Morgan fingerprint density at radius 2 is 2.12 bits per heavy atom. The Morgan fingerprint density at radius 3 is 2.76 bits per heavy atom. The van der Waals surface area contributed by atoms with E-state index in [9.17, 15) is 13.2 Å². The maximum absolute atomic E-state index is 12.2. The third kappa shape index (κ3) is 5.72. The number of fused-ring (bicyclic) bond motifs is 1. The molecule has 0 spiro atoms. The highest BCUT2D eigenvalue weighted by atomic mass is 19.4. The lowest BCUT2D eigenvalue weighted by Gasteiger charge is -2.16. The van der Waals surface area contributed by atoms with Gasteiger partial charge in [0.15, 0.2) is 5.96 Å². The predicted molar refractivity (Wildman–Crippen MR) is 90.3 cm³/mol. The number of hydrogen-bond acceptors (Lipinski definition) is 3. The molecule has 1 unspecified atom stereocenters. The highest BCUT2D eigenvalue weighted by molar-refractivity contribution is 5.79. The summed E-state index contributed by atoms with van der Waals surface area (Å²) in [6, 6.07) is 3.89. The van der Waals surface area contributed by atoms with Crippen LogP contribution in [0, 0.1) is 0 Å². The number of halogens is 3. The van der Waals surface area contributed by atoms with Gasteiger partial charge in [0.1, 0.15) is 17.6 Å². The summed E-state index contributed by atoms with van der Waals surface area (Å²) in [5.74, 6) is 1.88. The highest BCUT2D eigenvalue weighted by Crippen LogP contribution is 2.35. The summed E-state index contributed by atoms with van der Waals surface area (Å²) in [4.78, 5) is 3.94. The van der Waals surface area contributed by atoms with E-state index in [1.54, 1.807) is 0 Å². The molecule has 1 aromatic carbocycles. The fourth-order valence-corrected chi connectivity index (χ4v) is 2.63. The van der Waals surface area contributed by atoms with Crippen LogP contribution in [-0.4, -0.2) is 38.4 Å². The molecule has 0 fully saturated rings. The van der Waals surface area contributed by atoms with E-state index in [4.69, 9.17) is 9.47 Å². The van der Waals surface area contributed by atoms with Crippen molar-refractivity contribution in [2.45, 2.75) is 45.5 Å². The molecule has 1 atom stereocenters. The number of aliphatic imine (C=N–C) groups is 1. The first-order chi connectivity index (χ1) is 11.8. The summed E-state index contributed by atoms with van der Waals surface area (Å²) in [5.41, 5.74) is 1.97. The molecule has 1 aromatic rings. The molecule has 2 N–H and O–H groups in total. The third-order valence-electron chi connectivity index (χ3n) is 3.75. The van der Waals surface area contributed by atoms with Crippen LogP contribution in [0.1, 0.15) is 31.4 Å². The van der Waals surface area contributed by atoms with Crippen LogP contribution in [-0.2, 0) is 13.0 Å². The Balaban J connectivity index is 2.00. The van der Waals surface area contributed by atoms with Gasteiger partial charge in [-0.05, 0) is 26.0 Å². The normalized spacial score (nSPS) is 17.0. The summed E-state index contributed by atoms with van der Waals surface area (Å²) in [6.45, 7) is 4.57. The second-order valence-electron chi connectivity index (χ2n) is 5.85. The van der Waals surface area contributed by atoms with Crippen molar-refractivity contribution >= 4 is 5.96 Å². The van der Waals surface area contributed by atoms with Crippen LogP contribution >= 0.6 is 0 Å². The number of nitrogens with zero attached hydrogens (tertiary/aromatic N) is 1. The number of hydrogen-bond donors (Lipinski definition) is 2. The smallest absolute Gasteiger partial charge is 0.390 e. The molecular formula is C17H24F3N3O2. The first-order valence-corrected chi connectivity index (χ1v) is 8.29. The van der Waals surface area contributed by atoms with Gasteiger partial charge in [0.05, 0.1) is 13.0 Å². The van der Waals surface area contributed by atoms with Crippen LogP contribution in [0.3, 0.4) is 0 Å². The fraction of sp³-hybridized carbons (Fsp3) is 0.588. The van der Waals surface area contributed by atoms with Gasteiger partial charge in [0.2, 0.25) is 0 Å². The van der Waals surface area contributed by atoms with Gasteiger partial charge >= 0.3 is 6.18 Å². The van der Waals surface area contributed by atoms with Crippen molar-refractivity contribution in [3.8, 4) is 11.5 Å². The number of benzene rings is 1. The Labute approximate surface area is 145 Å². The molecule has 8 heteroatoms. The molecule has 25 heavy (non-hydrogen) atoms. The monoisotopic (exact) mass is 359 g/mol. The zero-order valence-electron chi connectivity index (χ0n) is 14.7. The first-order valence-electron chi connectivity index (χ1n) is 8.29. The minimum Gasteiger partial charge on any atom is -0.494 e. The molecular weight excluding hydrogens is 335 g/mol. The summed E-state index contributed by atoms with van der Waals surface area (Å²) in [5, 5.41) is 5.66. The van der Waals surface area contributed by atoms with Crippen LogP contribution in [0.25, 0.3) is 0 Å². The second kappa shape index (κ2) is 8.31. The topological polar surface area (TPSA) is 54.9 Å². The highest BCUT2D eigenvalue weighted by Gasteiger charge is 2.26. The lowest BCUT2D eigenvalue weighted by atomic mass is 10.1. The number of ether oxygens (including phenoxy) is 2. The molecule has 0 bridgehead atoms. The van der Waals surface area contributed by atoms with Gasteiger partial charge in [-0.15, -0.1) is 0 Å². The zero-order valence-corrected chi connectivity index (χ0v) is 14.7. The molecule has 0 radical (unpaired) electrons. The average molecular weight is 359 g/mol. The van der Waals surface area contributed by atoms with Gasteiger partial charge in [-0.1, -0.05) is 0 Å². The van der Waals surface area contributed by atoms with E-state index < -0.39 is 12.6 Å². The van der Waals surface area contributed by atoms with Crippen LogP contribution in [0.4, 0.5) is 13.2 Å². The van der Waals surface area contributed by atoms with Gasteiger partial charge in [-0.2, -0.15) is 13.2 Å². The third-order valence-corrected chi connectivity index (χ3v) is 3.75. The van der Waals surface area contributed by atoms with Crippen LogP contribution in [0.15, 0.2) is 17.1 Å². The van der Waals surface area contributed by atoms with Gasteiger partial charge < -0.3 is 20.1 Å². The lowest BCUT2D eigenvalue weighted by Crippen LogP contribution is -2.38. The van der Waals surface area contributed by atoms with E-state index in [1.165, 1.54) is 7.05 Å². The molecule has 0 aliphatic carbocycles. The van der Waals surface area contributed by atoms with Crippen LogP contribution < -0.4 is 20.1 Å². The van der Waals surface area contributed by atoms with E-state index in [0.29, 0.717) is 19.1 Å². The summed E-state index contributed by atoms with van der Waals surface area (Å²) >= 11 is 0. The number of guanidine groups is 1. The standard InChI is InChI=1S/C17H24F3N3O2/c1-4-24-14-8-12-7-11(2)25-15(12)9-13(14)10-23-16(21-3)22-6-5-17(18,19)20/h8-9,11H,4-7,10H2,1-3H3,(H2,21,22,23). The summed E-state index contributed by atoms with van der Waals surface area (Å²) in [6.07, 6.45) is -4.14. The van der Waals surface area contributed by atoms with E-state index in [-0.39, 0.29) is 12.6 Å². The van der Waals surface area contributed by atoms with Crippen molar-refractivity contribution in [2.75, 3.05) is 20.2 Å². The maximum atomic E-state index is 12.2. The van der Waals surface area contributed by atoms with Crippen molar-refractivity contribution in [1.82, 2.24) is 10.6 Å². The minimum absolute atomic E-state index is 0.129. The molecule has 2 rings (SSSR count). The van der Waals surface area contributed by atoms with E-state index >= 15 is 0 Å². The Bertz CT molecular complexity index is 618. The molecule has 0 aromatic heterocycles. The molecule has 5 nitrogen and oxygen atoms in total. The maximum Gasteiger partial charge on any atom is 0.390 e. The van der Waals surface area contributed by atoms with Gasteiger partial charge in [-0.25, -0.2) is 0 Å². The SMILES string of the molecule is CCOc1cc2c(cc1CNC(=NC)NCCC(F)(F)F)OC(C)C2. The second-order valence-corrected chi connectivity index (χ2v) is 5.85. The van der Waals surface area contributed by atoms with E-state index in [2.05, 4.69) is 15.6 Å². The molecule has 0 saturated heterocycles. The van der Waals surface area contributed by atoms with Crippen molar-refractivity contribution < 1.29 is 22.6 Å². The molecule has 1 aliphatic heterocycles. The molecule has 140 valence electrons. The van der Waals surface area contributed by atoms with E-state index in [1.807, 2.05) is 26.0 Å². The molecule has 0 saturated carbocycles. The number of alkyl halides is 3. The van der Waals surface area contributed by atoms with Gasteiger partial charge in [0, 0.05) is 37.7 Å². The Hall–Kier alpha value is -2.12. The Morgan fingerprint density at radius 1 is 1.36 bits per heavy atom. The first kappa shape index (κ1) is 19.2. The van der Waals surface area contributed by atoms with Crippen molar-refractivity contribution in [3.63, 3.8) is 0 Å². The summed E-state index contributed by atoms with van der Waals surface area (Å²) in [7, 11) is 1.51. The van der Waals surface area contributed by atoms with Crippen molar-refractivity contribution in [1.29, 1.82) is 0 Å². The minimum atomic E-state index is -4.19. The summed E-state index contributed by atoms with van der Waals surface area (Å²) < 4.78 is 48.1. The predicted octanol–water partition coefficient (Wildman–Crippen LogP) is 3.03. The molecule has 1 heterocycles. The fourth-order valence-electron chi connectivity index (χ4n) is 2.63. The zero-order chi connectivity index (χ0) is 18.4. The van der Waals surface area contributed by atoms with Crippen LogP contribution in [0.5, 0.6) is 11.5 Å². The lowest BCUT2D eigenvalue weighted by molar-refractivity contribution is -0.132. The largest absolute Gasteiger partial charge is 0.494 e. The Kier molecular flexibility index (Phi) is 6.39. The average Bonchev–Trinajstić information content (AvgIpc) is 2.88. The quantitative estimate of drug-likeness (QED) is 0.606. The van der Waals surface area contributed by atoms with Crippen LogP contribution in [0.2, 0.25) is 0 Å². The van der Waals surface area contributed by atoms with Gasteiger partial charge in [0.25, 0.3) is 0 Å². The number of rotatable bonds is 6. The van der Waals surface area contributed by atoms with Crippen molar-refractivity contribution in [2.24, 2.45) is 4.99 Å². The molecule has 0 amide bonds. The molecule has 1 aliphatic rings. The van der Waals surface area contributed by atoms with Gasteiger partial charge in [-0.3, -0.25) is 4.99 Å². The van der Waals surface area contributed by atoms with E-state index in [0.717, 1.165) is 29.0 Å².